The monoisotopic (exact) mass is 233 g/mol. The first-order chi connectivity index (χ1) is 8.42. The van der Waals surface area contributed by atoms with Crippen molar-refractivity contribution in [2.45, 2.75) is 64.0 Å². The normalized spacial score (nSPS) is 21.6. The van der Waals surface area contributed by atoms with Crippen LogP contribution in [0.2, 0.25) is 0 Å². The van der Waals surface area contributed by atoms with Crippen molar-refractivity contribution in [1.82, 2.24) is 9.55 Å². The van der Waals surface area contributed by atoms with Crippen LogP contribution in [-0.4, -0.2) is 15.6 Å². The standard InChI is InChI=1S/C14H23N3/c1-2-7-13(6-1)16-14-15-9-11-17(14)10-8-12-4-3-5-12/h9,11-13H,1-8,10H2,(H,15,16). The maximum Gasteiger partial charge on any atom is 0.202 e. The van der Waals surface area contributed by atoms with Gasteiger partial charge in [-0.25, -0.2) is 4.98 Å². The second-order valence-corrected chi connectivity index (χ2v) is 5.66. The zero-order valence-electron chi connectivity index (χ0n) is 10.6. The zero-order chi connectivity index (χ0) is 11.5. The van der Waals surface area contributed by atoms with E-state index in [0.717, 1.165) is 18.4 Å². The fraction of sp³-hybridized carbons (Fsp3) is 0.786. The van der Waals surface area contributed by atoms with Gasteiger partial charge in [-0.2, -0.15) is 0 Å². The summed E-state index contributed by atoms with van der Waals surface area (Å²) in [5.41, 5.74) is 0. The summed E-state index contributed by atoms with van der Waals surface area (Å²) in [5, 5.41) is 3.60. The van der Waals surface area contributed by atoms with Crippen LogP contribution in [0.25, 0.3) is 0 Å². The number of aromatic nitrogens is 2. The Hall–Kier alpha value is -0.990. The number of nitrogens with one attached hydrogen (secondary N) is 1. The summed E-state index contributed by atoms with van der Waals surface area (Å²) >= 11 is 0. The van der Waals surface area contributed by atoms with E-state index in [0.29, 0.717) is 6.04 Å². The maximum absolute atomic E-state index is 4.45. The molecule has 0 radical (unpaired) electrons. The highest BCUT2D eigenvalue weighted by Gasteiger charge is 2.19. The van der Waals surface area contributed by atoms with Crippen molar-refractivity contribution in [3.8, 4) is 0 Å². The van der Waals surface area contributed by atoms with E-state index < -0.39 is 0 Å². The molecule has 0 unspecified atom stereocenters. The molecule has 1 aromatic rings. The molecule has 2 aliphatic rings. The van der Waals surface area contributed by atoms with Crippen molar-refractivity contribution >= 4 is 5.95 Å². The third-order valence-electron chi connectivity index (χ3n) is 4.41. The quantitative estimate of drug-likeness (QED) is 0.844. The lowest BCUT2D eigenvalue weighted by Gasteiger charge is -2.25. The molecule has 2 saturated carbocycles. The molecule has 94 valence electrons. The summed E-state index contributed by atoms with van der Waals surface area (Å²) in [7, 11) is 0. The first-order valence-electron chi connectivity index (χ1n) is 7.19. The maximum atomic E-state index is 4.45. The van der Waals surface area contributed by atoms with E-state index in [2.05, 4.69) is 21.1 Å². The summed E-state index contributed by atoms with van der Waals surface area (Å²) in [4.78, 5) is 4.45. The largest absolute Gasteiger partial charge is 0.353 e. The van der Waals surface area contributed by atoms with Gasteiger partial charge in [-0.3, -0.25) is 0 Å². The van der Waals surface area contributed by atoms with Crippen LogP contribution < -0.4 is 5.32 Å². The van der Waals surface area contributed by atoms with Crippen LogP contribution >= 0.6 is 0 Å². The molecule has 3 heteroatoms. The molecule has 1 aromatic heterocycles. The molecule has 0 atom stereocenters. The summed E-state index contributed by atoms with van der Waals surface area (Å²) < 4.78 is 2.30. The number of rotatable bonds is 5. The molecule has 3 rings (SSSR count). The second kappa shape index (κ2) is 5.11. The topological polar surface area (TPSA) is 29.9 Å². The van der Waals surface area contributed by atoms with Gasteiger partial charge in [0, 0.05) is 25.0 Å². The molecule has 0 aliphatic heterocycles. The van der Waals surface area contributed by atoms with E-state index in [1.165, 1.54) is 51.4 Å². The van der Waals surface area contributed by atoms with Gasteiger partial charge in [0.2, 0.25) is 5.95 Å². The third kappa shape index (κ3) is 2.64. The molecule has 0 bridgehead atoms. The number of anilines is 1. The minimum absolute atomic E-state index is 0.667. The van der Waals surface area contributed by atoms with Gasteiger partial charge in [-0.15, -0.1) is 0 Å². The Balaban J connectivity index is 1.54. The van der Waals surface area contributed by atoms with E-state index in [4.69, 9.17) is 0 Å². The number of hydrogen-bond acceptors (Lipinski definition) is 2. The first kappa shape index (κ1) is 11.1. The lowest BCUT2D eigenvalue weighted by molar-refractivity contribution is 0.283. The van der Waals surface area contributed by atoms with Crippen LogP contribution in [0.5, 0.6) is 0 Å². The Bertz CT molecular complexity index is 348. The lowest BCUT2D eigenvalue weighted by Crippen LogP contribution is -2.19. The number of imidazole rings is 1. The minimum atomic E-state index is 0.667. The van der Waals surface area contributed by atoms with E-state index >= 15 is 0 Å². The molecule has 2 fully saturated rings. The van der Waals surface area contributed by atoms with Gasteiger partial charge in [-0.1, -0.05) is 32.1 Å². The zero-order valence-corrected chi connectivity index (χ0v) is 10.6. The Labute approximate surface area is 104 Å². The van der Waals surface area contributed by atoms with Gasteiger partial charge >= 0.3 is 0 Å². The summed E-state index contributed by atoms with van der Waals surface area (Å²) in [6.45, 7) is 1.14. The van der Waals surface area contributed by atoms with Crippen LogP contribution in [0, 0.1) is 5.92 Å². The number of nitrogens with zero attached hydrogens (tertiary/aromatic N) is 2. The van der Waals surface area contributed by atoms with Crippen LogP contribution in [0.15, 0.2) is 12.4 Å². The second-order valence-electron chi connectivity index (χ2n) is 5.66. The molecule has 0 aromatic carbocycles. The predicted octanol–water partition coefficient (Wildman–Crippen LogP) is 3.43. The van der Waals surface area contributed by atoms with Crippen LogP contribution in [0.1, 0.15) is 51.4 Å². The molecule has 0 spiro atoms. The molecule has 0 amide bonds. The van der Waals surface area contributed by atoms with Crippen molar-refractivity contribution in [3.63, 3.8) is 0 Å². The molecule has 0 saturated heterocycles. The van der Waals surface area contributed by atoms with Gasteiger partial charge < -0.3 is 9.88 Å². The van der Waals surface area contributed by atoms with Gasteiger partial charge in [0.05, 0.1) is 0 Å². The molecular formula is C14H23N3. The van der Waals surface area contributed by atoms with Gasteiger partial charge in [0.1, 0.15) is 0 Å². The Morgan fingerprint density at radius 3 is 2.71 bits per heavy atom. The molecule has 1 N–H and O–H groups in total. The predicted molar refractivity (Wildman–Crippen MR) is 70.1 cm³/mol. The highest BCUT2D eigenvalue weighted by Crippen LogP contribution is 2.30. The fourth-order valence-corrected chi connectivity index (χ4v) is 2.99. The van der Waals surface area contributed by atoms with Crippen molar-refractivity contribution in [2.75, 3.05) is 5.32 Å². The SMILES string of the molecule is c1cn(CCC2CCC2)c(NC2CCCC2)n1. The van der Waals surface area contributed by atoms with E-state index in [-0.39, 0.29) is 0 Å². The Morgan fingerprint density at radius 1 is 1.18 bits per heavy atom. The van der Waals surface area contributed by atoms with Gasteiger partial charge in [-0.05, 0) is 25.2 Å². The van der Waals surface area contributed by atoms with Gasteiger partial charge in [0.15, 0.2) is 0 Å². The molecule has 3 nitrogen and oxygen atoms in total. The van der Waals surface area contributed by atoms with Crippen molar-refractivity contribution < 1.29 is 0 Å². The Kier molecular flexibility index (Phi) is 3.34. The fourth-order valence-electron chi connectivity index (χ4n) is 2.99. The average molecular weight is 233 g/mol. The van der Waals surface area contributed by atoms with Crippen molar-refractivity contribution in [2.24, 2.45) is 5.92 Å². The average Bonchev–Trinajstić information content (AvgIpc) is 2.89. The van der Waals surface area contributed by atoms with Crippen LogP contribution in [-0.2, 0) is 6.54 Å². The van der Waals surface area contributed by atoms with Crippen molar-refractivity contribution in [3.05, 3.63) is 12.4 Å². The molecule has 2 aliphatic carbocycles. The molecule has 17 heavy (non-hydrogen) atoms. The summed E-state index contributed by atoms with van der Waals surface area (Å²) in [5.74, 6) is 2.08. The van der Waals surface area contributed by atoms with E-state index in [1.54, 1.807) is 0 Å². The number of aryl methyl sites for hydroxylation is 1. The van der Waals surface area contributed by atoms with E-state index in [1.807, 2.05) is 6.20 Å². The van der Waals surface area contributed by atoms with Crippen LogP contribution in [0.3, 0.4) is 0 Å². The number of hydrogen-bond donors (Lipinski definition) is 1. The summed E-state index contributed by atoms with van der Waals surface area (Å²) in [6.07, 6.45) is 15.1. The first-order valence-corrected chi connectivity index (χ1v) is 7.19. The van der Waals surface area contributed by atoms with Crippen LogP contribution in [0.4, 0.5) is 5.95 Å². The molecular weight excluding hydrogens is 210 g/mol. The summed E-state index contributed by atoms with van der Waals surface area (Å²) in [6, 6.07) is 0.667. The van der Waals surface area contributed by atoms with Crippen molar-refractivity contribution in [1.29, 1.82) is 0 Å². The third-order valence-corrected chi connectivity index (χ3v) is 4.41. The van der Waals surface area contributed by atoms with E-state index in [9.17, 15) is 0 Å². The minimum Gasteiger partial charge on any atom is -0.353 e. The smallest absolute Gasteiger partial charge is 0.202 e. The Morgan fingerprint density at radius 2 is 2.00 bits per heavy atom. The lowest BCUT2D eigenvalue weighted by atomic mass is 9.83. The van der Waals surface area contributed by atoms with Gasteiger partial charge in [0.25, 0.3) is 0 Å². The highest BCUT2D eigenvalue weighted by atomic mass is 15.2. The highest BCUT2D eigenvalue weighted by molar-refractivity contribution is 5.27. The molecule has 1 heterocycles.